The monoisotopic (exact) mass is 318 g/mol. The number of anilines is 1. The van der Waals surface area contributed by atoms with Crippen molar-refractivity contribution in [2.75, 3.05) is 31.2 Å². The molecule has 1 atom stereocenters. The maximum Gasteiger partial charge on any atom is 0.339 e. The highest BCUT2D eigenvalue weighted by atomic mass is 16.5. The number of aromatic nitrogens is 3. The van der Waals surface area contributed by atoms with Crippen LogP contribution in [0.4, 0.5) is 5.82 Å². The molecule has 0 saturated carbocycles. The zero-order valence-corrected chi connectivity index (χ0v) is 13.1. The van der Waals surface area contributed by atoms with Gasteiger partial charge in [-0.1, -0.05) is 5.16 Å². The van der Waals surface area contributed by atoms with Crippen molar-refractivity contribution in [3.63, 3.8) is 0 Å². The Bertz CT molecular complexity index is 670. The van der Waals surface area contributed by atoms with Crippen LogP contribution in [0.15, 0.2) is 22.9 Å². The standard InChI is InChI=1S/C15H18N4O4/c1-3-21-15(20)11-4-5-13(16-8-11)19-6-7-22-12(9-19)14-17-10(2)23-18-14/h4-5,8,12H,3,6-7,9H2,1-2H3/t12-/m0/s1. The molecular formula is C15H18N4O4. The van der Waals surface area contributed by atoms with Gasteiger partial charge in [0.15, 0.2) is 0 Å². The summed E-state index contributed by atoms with van der Waals surface area (Å²) < 4.78 is 15.6. The number of esters is 1. The summed E-state index contributed by atoms with van der Waals surface area (Å²) in [6.45, 7) is 5.68. The van der Waals surface area contributed by atoms with Crippen molar-refractivity contribution in [1.29, 1.82) is 0 Å². The summed E-state index contributed by atoms with van der Waals surface area (Å²) in [6, 6.07) is 3.51. The molecule has 3 rings (SSSR count). The summed E-state index contributed by atoms with van der Waals surface area (Å²) in [7, 11) is 0. The van der Waals surface area contributed by atoms with Crippen LogP contribution in [-0.4, -0.2) is 47.4 Å². The Morgan fingerprint density at radius 2 is 2.35 bits per heavy atom. The molecule has 0 bridgehead atoms. The van der Waals surface area contributed by atoms with E-state index in [0.29, 0.717) is 43.6 Å². The van der Waals surface area contributed by atoms with E-state index >= 15 is 0 Å². The third-order valence-electron chi connectivity index (χ3n) is 3.48. The van der Waals surface area contributed by atoms with E-state index in [-0.39, 0.29) is 12.1 Å². The van der Waals surface area contributed by atoms with Gasteiger partial charge in [-0.05, 0) is 19.1 Å². The first-order chi connectivity index (χ1) is 11.2. The van der Waals surface area contributed by atoms with Gasteiger partial charge in [0.05, 0.1) is 25.3 Å². The van der Waals surface area contributed by atoms with E-state index < -0.39 is 0 Å². The first kappa shape index (κ1) is 15.4. The van der Waals surface area contributed by atoms with E-state index in [2.05, 4.69) is 20.0 Å². The molecule has 1 aliphatic heterocycles. The van der Waals surface area contributed by atoms with E-state index in [1.54, 1.807) is 26.0 Å². The van der Waals surface area contributed by atoms with Gasteiger partial charge in [-0.25, -0.2) is 9.78 Å². The number of carbonyl (C=O) groups is 1. The zero-order valence-electron chi connectivity index (χ0n) is 13.1. The SMILES string of the molecule is CCOC(=O)c1ccc(N2CCO[C@H](c3noc(C)n3)C2)nc1. The van der Waals surface area contributed by atoms with Gasteiger partial charge in [0.1, 0.15) is 11.9 Å². The van der Waals surface area contributed by atoms with Crippen molar-refractivity contribution in [1.82, 2.24) is 15.1 Å². The van der Waals surface area contributed by atoms with Crippen LogP contribution in [-0.2, 0) is 9.47 Å². The molecule has 2 aromatic rings. The van der Waals surface area contributed by atoms with Crippen molar-refractivity contribution < 1.29 is 18.8 Å². The van der Waals surface area contributed by atoms with Gasteiger partial charge in [0, 0.05) is 19.7 Å². The summed E-state index contributed by atoms with van der Waals surface area (Å²) in [6.07, 6.45) is 1.27. The predicted molar refractivity (Wildman–Crippen MR) is 80.1 cm³/mol. The Balaban J connectivity index is 1.70. The molecule has 0 N–H and O–H groups in total. The highest BCUT2D eigenvalue weighted by Crippen LogP contribution is 2.23. The highest BCUT2D eigenvalue weighted by molar-refractivity contribution is 5.89. The van der Waals surface area contributed by atoms with E-state index in [1.807, 2.05) is 0 Å². The maximum absolute atomic E-state index is 11.6. The van der Waals surface area contributed by atoms with Crippen LogP contribution in [0, 0.1) is 6.92 Å². The summed E-state index contributed by atoms with van der Waals surface area (Å²) in [5.41, 5.74) is 0.439. The Labute approximate surface area is 133 Å². The molecule has 2 aromatic heterocycles. The average Bonchev–Trinajstić information content (AvgIpc) is 3.02. The molecule has 0 unspecified atom stereocenters. The summed E-state index contributed by atoms with van der Waals surface area (Å²) in [5.74, 6) is 1.45. The van der Waals surface area contributed by atoms with Crippen LogP contribution in [0.25, 0.3) is 0 Å². The van der Waals surface area contributed by atoms with Crippen LogP contribution in [0.5, 0.6) is 0 Å². The zero-order chi connectivity index (χ0) is 16.2. The Morgan fingerprint density at radius 1 is 1.48 bits per heavy atom. The van der Waals surface area contributed by atoms with Crippen molar-refractivity contribution in [3.8, 4) is 0 Å². The van der Waals surface area contributed by atoms with Crippen molar-refractivity contribution in [3.05, 3.63) is 35.6 Å². The summed E-state index contributed by atoms with van der Waals surface area (Å²) in [4.78, 5) is 22.3. The van der Waals surface area contributed by atoms with Crippen LogP contribution in [0.3, 0.4) is 0 Å². The quantitative estimate of drug-likeness (QED) is 0.784. The lowest BCUT2D eigenvalue weighted by molar-refractivity contribution is 0.0323. The molecule has 8 nitrogen and oxygen atoms in total. The number of hydrogen-bond donors (Lipinski definition) is 0. The smallest absolute Gasteiger partial charge is 0.339 e. The molecule has 1 fully saturated rings. The molecule has 0 amide bonds. The van der Waals surface area contributed by atoms with Gasteiger partial charge in [-0.15, -0.1) is 0 Å². The third-order valence-corrected chi connectivity index (χ3v) is 3.48. The molecule has 23 heavy (non-hydrogen) atoms. The second-order valence-electron chi connectivity index (χ2n) is 5.10. The highest BCUT2D eigenvalue weighted by Gasteiger charge is 2.26. The van der Waals surface area contributed by atoms with E-state index in [9.17, 15) is 4.79 Å². The fourth-order valence-electron chi connectivity index (χ4n) is 2.37. The van der Waals surface area contributed by atoms with Crippen molar-refractivity contribution in [2.45, 2.75) is 20.0 Å². The molecule has 0 aromatic carbocycles. The average molecular weight is 318 g/mol. The minimum absolute atomic E-state index is 0.257. The Morgan fingerprint density at radius 3 is 3.00 bits per heavy atom. The summed E-state index contributed by atoms with van der Waals surface area (Å²) in [5, 5.41) is 3.91. The minimum Gasteiger partial charge on any atom is -0.462 e. The second kappa shape index (κ2) is 6.74. The number of carbonyl (C=O) groups excluding carboxylic acids is 1. The number of rotatable bonds is 4. The first-order valence-corrected chi connectivity index (χ1v) is 7.47. The first-order valence-electron chi connectivity index (χ1n) is 7.47. The second-order valence-corrected chi connectivity index (χ2v) is 5.10. The van der Waals surface area contributed by atoms with E-state index in [1.165, 1.54) is 6.20 Å². The molecule has 1 saturated heterocycles. The van der Waals surface area contributed by atoms with E-state index in [4.69, 9.17) is 14.0 Å². The molecule has 0 spiro atoms. The van der Waals surface area contributed by atoms with Crippen LogP contribution < -0.4 is 4.90 Å². The maximum atomic E-state index is 11.6. The molecule has 0 aliphatic carbocycles. The lowest BCUT2D eigenvalue weighted by Crippen LogP contribution is -2.39. The van der Waals surface area contributed by atoms with Gasteiger partial charge in [-0.2, -0.15) is 4.98 Å². The van der Waals surface area contributed by atoms with Gasteiger partial charge >= 0.3 is 5.97 Å². The Kier molecular flexibility index (Phi) is 4.52. The normalized spacial score (nSPS) is 18.0. The number of aryl methyl sites for hydroxylation is 1. The largest absolute Gasteiger partial charge is 0.462 e. The third kappa shape index (κ3) is 3.48. The molecule has 3 heterocycles. The number of pyridine rings is 1. The van der Waals surface area contributed by atoms with Crippen LogP contribution >= 0.6 is 0 Å². The molecule has 1 aliphatic rings. The number of morpholine rings is 1. The predicted octanol–water partition coefficient (Wildman–Crippen LogP) is 1.53. The fraction of sp³-hybridized carbons (Fsp3) is 0.467. The Hall–Kier alpha value is -2.48. The van der Waals surface area contributed by atoms with Crippen LogP contribution in [0.1, 0.15) is 35.1 Å². The minimum atomic E-state index is -0.367. The van der Waals surface area contributed by atoms with E-state index in [0.717, 1.165) is 5.82 Å². The van der Waals surface area contributed by atoms with Gasteiger partial charge < -0.3 is 18.9 Å². The van der Waals surface area contributed by atoms with Gasteiger partial charge in [0.2, 0.25) is 11.7 Å². The molecular weight excluding hydrogens is 300 g/mol. The molecule has 122 valence electrons. The fourth-order valence-corrected chi connectivity index (χ4v) is 2.37. The number of hydrogen-bond acceptors (Lipinski definition) is 8. The van der Waals surface area contributed by atoms with Gasteiger partial charge in [-0.3, -0.25) is 0 Å². The van der Waals surface area contributed by atoms with Crippen molar-refractivity contribution >= 4 is 11.8 Å². The van der Waals surface area contributed by atoms with Crippen LogP contribution in [0.2, 0.25) is 0 Å². The summed E-state index contributed by atoms with van der Waals surface area (Å²) >= 11 is 0. The number of ether oxygens (including phenoxy) is 2. The number of nitrogens with zero attached hydrogens (tertiary/aromatic N) is 4. The van der Waals surface area contributed by atoms with Gasteiger partial charge in [0.25, 0.3) is 0 Å². The lowest BCUT2D eigenvalue weighted by Gasteiger charge is -2.32. The lowest BCUT2D eigenvalue weighted by atomic mass is 10.2. The topological polar surface area (TPSA) is 90.6 Å². The van der Waals surface area contributed by atoms with Crippen molar-refractivity contribution in [2.24, 2.45) is 0 Å². The molecule has 0 radical (unpaired) electrons. The molecule has 8 heteroatoms.